The van der Waals surface area contributed by atoms with Crippen LogP contribution in [0, 0.1) is 40.7 Å². The van der Waals surface area contributed by atoms with Crippen molar-refractivity contribution in [3.05, 3.63) is 76.2 Å². The number of aliphatic hydroxyl groups is 2. The number of aryl methyl sites for hydroxylation is 4. The second-order valence-electron chi connectivity index (χ2n) is 10.8. The van der Waals surface area contributed by atoms with Crippen molar-refractivity contribution in [2.45, 2.75) is 78.9 Å². The van der Waals surface area contributed by atoms with E-state index in [0.717, 1.165) is 27.8 Å². The normalized spacial score (nSPS) is 16.9. The molecule has 0 spiro atoms. The summed E-state index contributed by atoms with van der Waals surface area (Å²) in [7, 11) is 0. The monoisotopic (exact) mass is 727 g/mol. The van der Waals surface area contributed by atoms with Gasteiger partial charge in [-0.25, -0.2) is 0 Å². The van der Waals surface area contributed by atoms with E-state index >= 15 is 0 Å². The third-order valence-electron chi connectivity index (χ3n) is 5.41. The van der Waals surface area contributed by atoms with Crippen molar-refractivity contribution >= 4 is 11.8 Å². The molecule has 0 atom stereocenters. The van der Waals surface area contributed by atoms with E-state index < -0.39 is 12.5 Å². The molecule has 0 amide bonds. The van der Waals surface area contributed by atoms with E-state index in [0.29, 0.717) is 25.0 Å². The molecule has 219 valence electrons. The first-order valence-corrected chi connectivity index (χ1v) is 12.1. The Morgan fingerprint density at radius 2 is 1.18 bits per heavy atom. The molecule has 4 rings (SSSR count). The van der Waals surface area contributed by atoms with Gasteiger partial charge in [0.25, 0.3) is 6.29 Å². The van der Waals surface area contributed by atoms with E-state index in [4.69, 9.17) is 19.7 Å². The summed E-state index contributed by atoms with van der Waals surface area (Å²) in [5.74, 6) is 1.34. The number of halogens is 3. The summed E-state index contributed by atoms with van der Waals surface area (Å²) in [4.78, 5) is 9.32. The molecule has 2 aromatic carbocycles. The van der Waals surface area contributed by atoms with Crippen molar-refractivity contribution < 1.29 is 53.0 Å². The molecule has 39 heavy (non-hydrogen) atoms. The quantitative estimate of drug-likeness (QED) is 0.314. The SMILES string of the molecule is Cc1cc(C)c(C2=NC(C)(C)CO2)[c-]c1C1=NC(C)(C)CO1.OC(O)C(F)(F)F.[CH2-]c1cc(C)cc(C)c1.[Ir]. The van der Waals surface area contributed by atoms with Gasteiger partial charge in [0, 0.05) is 20.1 Å². The topological polar surface area (TPSA) is 83.6 Å². The molecular weight excluding hydrogens is 690 g/mol. The van der Waals surface area contributed by atoms with Gasteiger partial charge >= 0.3 is 6.18 Å². The van der Waals surface area contributed by atoms with Gasteiger partial charge < -0.3 is 19.7 Å². The van der Waals surface area contributed by atoms with Gasteiger partial charge in [0.1, 0.15) is 25.0 Å². The molecule has 6 nitrogen and oxygen atoms in total. The fourth-order valence-electron chi connectivity index (χ4n) is 3.73. The minimum Gasteiger partial charge on any atom is -0.509 e. The van der Waals surface area contributed by atoms with Crippen molar-refractivity contribution in [3.63, 3.8) is 0 Å². The Bertz CT molecular complexity index is 1100. The maximum atomic E-state index is 10.7. The largest absolute Gasteiger partial charge is 0.509 e. The van der Waals surface area contributed by atoms with Crippen LogP contribution in [0.5, 0.6) is 0 Å². The van der Waals surface area contributed by atoms with Crippen molar-refractivity contribution in [3.8, 4) is 0 Å². The third kappa shape index (κ3) is 10.6. The van der Waals surface area contributed by atoms with Crippen LogP contribution < -0.4 is 0 Å². The predicted octanol–water partition coefficient (Wildman–Crippen LogP) is 5.56. The Hall–Kier alpha value is -2.39. The average Bonchev–Trinajstić information content (AvgIpc) is 3.28. The zero-order valence-electron chi connectivity index (χ0n) is 23.6. The molecule has 0 bridgehead atoms. The summed E-state index contributed by atoms with van der Waals surface area (Å²) in [5.41, 5.74) is 7.36. The second kappa shape index (κ2) is 13.3. The van der Waals surface area contributed by atoms with Gasteiger partial charge in [0.05, 0.1) is 11.1 Å². The van der Waals surface area contributed by atoms with Crippen LogP contribution in [-0.4, -0.2) is 58.8 Å². The van der Waals surface area contributed by atoms with Gasteiger partial charge in [0.15, 0.2) is 0 Å². The van der Waals surface area contributed by atoms with E-state index in [-0.39, 0.29) is 31.2 Å². The molecule has 2 aliphatic rings. The van der Waals surface area contributed by atoms with E-state index in [1.54, 1.807) is 0 Å². The van der Waals surface area contributed by atoms with Crippen LogP contribution in [-0.2, 0) is 29.6 Å². The molecule has 0 fully saturated rings. The van der Waals surface area contributed by atoms with E-state index in [9.17, 15) is 13.2 Å². The Kier molecular flexibility index (Phi) is 11.8. The van der Waals surface area contributed by atoms with Crippen LogP contribution >= 0.6 is 0 Å². The zero-order chi connectivity index (χ0) is 29.1. The van der Waals surface area contributed by atoms with Crippen molar-refractivity contribution in [1.29, 1.82) is 0 Å². The van der Waals surface area contributed by atoms with Crippen LogP contribution in [0.25, 0.3) is 0 Å². The first-order chi connectivity index (χ1) is 17.3. The number of rotatable bonds is 2. The number of hydrogen-bond acceptors (Lipinski definition) is 6. The number of ether oxygens (including phenoxy) is 2. The molecule has 2 aromatic rings. The van der Waals surface area contributed by atoms with Gasteiger partial charge in [-0.3, -0.25) is 9.98 Å². The number of alkyl halides is 3. The Labute approximate surface area is 242 Å². The molecule has 0 unspecified atom stereocenters. The summed E-state index contributed by atoms with van der Waals surface area (Å²) < 4.78 is 43.6. The smallest absolute Gasteiger partial charge is 0.439 e. The Morgan fingerprint density at radius 1 is 0.821 bits per heavy atom. The van der Waals surface area contributed by atoms with Crippen molar-refractivity contribution in [2.24, 2.45) is 9.98 Å². The maximum Gasteiger partial charge on any atom is 0.439 e. The molecule has 0 aliphatic carbocycles. The number of nitrogens with zero attached hydrogens (tertiary/aromatic N) is 2. The van der Waals surface area contributed by atoms with Gasteiger partial charge in [-0.1, -0.05) is 44.9 Å². The molecule has 2 N–H and O–H groups in total. The molecular formula is C29H37F3IrN2O4-2. The average molecular weight is 727 g/mol. The Balaban J connectivity index is 0.000000370. The van der Waals surface area contributed by atoms with Crippen LogP contribution in [0.1, 0.15) is 66.6 Å². The number of benzene rings is 2. The summed E-state index contributed by atoms with van der Waals surface area (Å²) >= 11 is 0. The summed E-state index contributed by atoms with van der Waals surface area (Å²) in [5, 5.41) is 14.6. The first kappa shape index (κ1) is 34.6. The van der Waals surface area contributed by atoms with Crippen LogP contribution in [0.2, 0.25) is 0 Å². The minimum atomic E-state index is -4.89. The third-order valence-corrected chi connectivity index (χ3v) is 5.41. The Morgan fingerprint density at radius 3 is 1.44 bits per heavy atom. The number of aliphatic hydroxyl groups excluding tert-OH is 1. The van der Waals surface area contributed by atoms with E-state index in [2.05, 4.69) is 103 Å². The van der Waals surface area contributed by atoms with Gasteiger partial charge in [-0.2, -0.15) is 37.8 Å². The zero-order valence-corrected chi connectivity index (χ0v) is 26.0. The fourth-order valence-corrected chi connectivity index (χ4v) is 3.73. The standard InChI is InChI=1S/C18H23N2O2.C9H11.C2H3F3O2.Ir/c1-11-7-12(2)14(16-20-18(5,6)10-22-16)8-13(11)15-19-17(3,4)9-21-15;1-7-4-8(2)6-9(3)5-7;3-2(4,5)1(6)7;/h7H,9-10H2,1-6H3;4-6H,1H2,2-3H3;1,6-7H;/q2*-1;;. The van der Waals surface area contributed by atoms with E-state index in [1.165, 1.54) is 11.1 Å². The summed E-state index contributed by atoms with van der Waals surface area (Å²) in [6.07, 6.45) is -8.09. The minimum absolute atomic E-state index is 0. The molecule has 0 saturated heterocycles. The first-order valence-electron chi connectivity index (χ1n) is 12.1. The molecule has 10 heteroatoms. The van der Waals surface area contributed by atoms with Crippen LogP contribution in [0.4, 0.5) is 13.2 Å². The summed E-state index contributed by atoms with van der Waals surface area (Å²) in [6.45, 7) is 21.6. The van der Waals surface area contributed by atoms with Gasteiger partial charge in [0.2, 0.25) is 0 Å². The molecule has 0 aromatic heterocycles. The number of aliphatic imine (C=N–C) groups is 2. The van der Waals surface area contributed by atoms with Gasteiger partial charge in [-0.05, 0) is 27.7 Å². The predicted molar refractivity (Wildman–Crippen MR) is 143 cm³/mol. The van der Waals surface area contributed by atoms with Crippen molar-refractivity contribution in [1.82, 2.24) is 0 Å². The number of hydrogen-bond donors (Lipinski definition) is 2. The molecule has 2 heterocycles. The fraction of sp³-hybridized carbons (Fsp3) is 0.483. The maximum absolute atomic E-state index is 10.7. The molecule has 2 aliphatic heterocycles. The van der Waals surface area contributed by atoms with Crippen molar-refractivity contribution in [2.75, 3.05) is 13.2 Å². The summed E-state index contributed by atoms with van der Waals surface area (Å²) in [6, 6.07) is 11.8. The van der Waals surface area contributed by atoms with Crippen LogP contribution in [0.15, 0.2) is 34.3 Å². The second-order valence-corrected chi connectivity index (χ2v) is 10.8. The molecule has 1 radical (unpaired) electrons. The van der Waals surface area contributed by atoms with E-state index in [1.807, 2.05) is 0 Å². The molecule has 0 saturated carbocycles. The van der Waals surface area contributed by atoms with Crippen LogP contribution in [0.3, 0.4) is 0 Å². The van der Waals surface area contributed by atoms with Gasteiger partial charge in [-0.15, -0.1) is 34.4 Å².